The minimum atomic E-state index is -3.63. The summed E-state index contributed by atoms with van der Waals surface area (Å²) in [5, 5.41) is 2.85. The Morgan fingerprint density at radius 2 is 1.96 bits per heavy atom. The second-order valence-corrected chi connectivity index (χ2v) is 9.81. The quantitative estimate of drug-likeness (QED) is 0.728. The molecule has 5 nitrogen and oxygen atoms in total. The van der Waals surface area contributed by atoms with Crippen LogP contribution in [0.2, 0.25) is 0 Å². The van der Waals surface area contributed by atoms with Gasteiger partial charge >= 0.3 is 0 Å². The van der Waals surface area contributed by atoms with Crippen LogP contribution in [-0.2, 0) is 21.4 Å². The highest BCUT2D eigenvalue weighted by Gasteiger charge is 2.33. The van der Waals surface area contributed by atoms with Crippen molar-refractivity contribution in [3.05, 3.63) is 63.9 Å². The molecule has 1 saturated heterocycles. The smallest absolute Gasteiger partial charge is 0.243 e. The summed E-state index contributed by atoms with van der Waals surface area (Å²) < 4.78 is 41.3. The van der Waals surface area contributed by atoms with E-state index in [0.29, 0.717) is 24.9 Å². The average molecular weight is 469 g/mol. The van der Waals surface area contributed by atoms with Crippen LogP contribution in [0.25, 0.3) is 0 Å². The Labute approximate surface area is 173 Å². The van der Waals surface area contributed by atoms with Gasteiger partial charge in [0.15, 0.2) is 0 Å². The average Bonchev–Trinajstić information content (AvgIpc) is 2.69. The van der Waals surface area contributed by atoms with E-state index in [9.17, 15) is 17.6 Å². The second kappa shape index (κ2) is 8.71. The fourth-order valence-corrected chi connectivity index (χ4v) is 5.07. The van der Waals surface area contributed by atoms with E-state index in [4.69, 9.17) is 0 Å². The van der Waals surface area contributed by atoms with Crippen molar-refractivity contribution in [2.24, 2.45) is 5.92 Å². The van der Waals surface area contributed by atoms with Crippen molar-refractivity contribution in [2.45, 2.75) is 31.2 Å². The monoisotopic (exact) mass is 468 g/mol. The second-order valence-electron chi connectivity index (χ2n) is 6.96. The zero-order chi connectivity index (χ0) is 20.3. The van der Waals surface area contributed by atoms with Gasteiger partial charge in [-0.2, -0.15) is 4.31 Å². The van der Waals surface area contributed by atoms with Crippen LogP contribution in [0.4, 0.5) is 4.39 Å². The van der Waals surface area contributed by atoms with Crippen LogP contribution >= 0.6 is 15.9 Å². The molecule has 0 radical (unpaired) electrons. The van der Waals surface area contributed by atoms with Crippen molar-refractivity contribution in [2.75, 3.05) is 13.1 Å². The maximum Gasteiger partial charge on any atom is 0.243 e. The number of hydrogen-bond donors (Lipinski definition) is 1. The SMILES string of the molecule is Cc1cc(CNC(=O)C2CCCN(S(=O)(=O)c3ccc(Br)cc3)C2)ccc1F. The van der Waals surface area contributed by atoms with Gasteiger partial charge in [-0.15, -0.1) is 0 Å². The summed E-state index contributed by atoms with van der Waals surface area (Å²) in [6.07, 6.45) is 1.27. The maximum atomic E-state index is 13.4. The van der Waals surface area contributed by atoms with E-state index in [1.165, 1.54) is 10.4 Å². The van der Waals surface area contributed by atoms with E-state index in [-0.39, 0.29) is 29.7 Å². The first-order valence-corrected chi connectivity index (χ1v) is 11.3. The summed E-state index contributed by atoms with van der Waals surface area (Å²) in [4.78, 5) is 12.8. The van der Waals surface area contributed by atoms with Crippen molar-refractivity contribution < 1.29 is 17.6 Å². The lowest BCUT2D eigenvalue weighted by Crippen LogP contribution is -2.45. The zero-order valence-electron chi connectivity index (χ0n) is 15.5. The number of nitrogens with zero attached hydrogens (tertiary/aromatic N) is 1. The fourth-order valence-electron chi connectivity index (χ4n) is 3.28. The number of piperidine rings is 1. The standard InChI is InChI=1S/C20H22BrFN2O3S/c1-14-11-15(4-9-19(14)22)12-23-20(25)16-3-2-10-24(13-16)28(26,27)18-7-5-17(21)6-8-18/h4-9,11,16H,2-3,10,12-13H2,1H3,(H,23,25). The van der Waals surface area contributed by atoms with E-state index in [2.05, 4.69) is 21.2 Å². The van der Waals surface area contributed by atoms with E-state index in [1.807, 2.05) is 0 Å². The first kappa shape index (κ1) is 21.0. The third kappa shape index (κ3) is 4.79. The Morgan fingerprint density at radius 3 is 2.64 bits per heavy atom. The molecule has 28 heavy (non-hydrogen) atoms. The lowest BCUT2D eigenvalue weighted by atomic mass is 9.98. The Bertz CT molecular complexity index is 964. The largest absolute Gasteiger partial charge is 0.352 e. The first-order valence-electron chi connectivity index (χ1n) is 9.06. The summed E-state index contributed by atoms with van der Waals surface area (Å²) in [6.45, 7) is 2.52. The number of sulfonamides is 1. The van der Waals surface area contributed by atoms with E-state index < -0.39 is 15.9 Å². The van der Waals surface area contributed by atoms with Crippen LogP contribution in [-0.4, -0.2) is 31.7 Å². The fraction of sp³-hybridized carbons (Fsp3) is 0.350. The molecule has 1 N–H and O–H groups in total. The third-order valence-corrected chi connectivity index (χ3v) is 7.30. The van der Waals surface area contributed by atoms with Crippen LogP contribution in [0.3, 0.4) is 0 Å². The highest BCUT2D eigenvalue weighted by molar-refractivity contribution is 9.10. The predicted molar refractivity (Wildman–Crippen MR) is 109 cm³/mol. The molecule has 0 spiro atoms. The van der Waals surface area contributed by atoms with Gasteiger partial charge in [-0.3, -0.25) is 4.79 Å². The molecule has 0 saturated carbocycles. The third-order valence-electron chi connectivity index (χ3n) is 4.90. The number of carbonyl (C=O) groups is 1. The van der Waals surface area contributed by atoms with Gasteiger partial charge in [-0.25, -0.2) is 12.8 Å². The Hall–Kier alpha value is -1.77. The predicted octanol–water partition coefficient (Wildman–Crippen LogP) is 3.61. The molecule has 1 aliphatic rings. The Morgan fingerprint density at radius 1 is 1.25 bits per heavy atom. The van der Waals surface area contributed by atoms with Crippen molar-refractivity contribution >= 4 is 31.9 Å². The van der Waals surface area contributed by atoms with Crippen LogP contribution in [0.1, 0.15) is 24.0 Å². The van der Waals surface area contributed by atoms with E-state index in [1.54, 1.807) is 43.3 Å². The number of benzene rings is 2. The summed E-state index contributed by atoms with van der Waals surface area (Å²) >= 11 is 3.30. The molecule has 2 aromatic carbocycles. The van der Waals surface area contributed by atoms with E-state index >= 15 is 0 Å². The van der Waals surface area contributed by atoms with Gasteiger partial charge in [0, 0.05) is 24.1 Å². The molecule has 0 aliphatic carbocycles. The summed E-state index contributed by atoms with van der Waals surface area (Å²) in [6, 6.07) is 11.2. The molecule has 150 valence electrons. The number of amides is 1. The highest BCUT2D eigenvalue weighted by atomic mass is 79.9. The summed E-state index contributed by atoms with van der Waals surface area (Å²) in [5.74, 6) is -0.866. The topological polar surface area (TPSA) is 66.5 Å². The highest BCUT2D eigenvalue weighted by Crippen LogP contribution is 2.25. The molecule has 2 aromatic rings. The molecule has 0 bridgehead atoms. The molecule has 1 aliphatic heterocycles. The molecule has 0 aromatic heterocycles. The lowest BCUT2D eigenvalue weighted by Gasteiger charge is -2.31. The minimum absolute atomic E-state index is 0.159. The number of halogens is 2. The van der Waals surface area contributed by atoms with Crippen LogP contribution in [0.15, 0.2) is 51.8 Å². The van der Waals surface area contributed by atoms with Crippen LogP contribution < -0.4 is 5.32 Å². The molecule has 3 rings (SSSR count). The Balaban J connectivity index is 1.64. The maximum absolute atomic E-state index is 13.4. The Kier molecular flexibility index (Phi) is 6.52. The molecule has 1 unspecified atom stereocenters. The van der Waals surface area contributed by atoms with Crippen LogP contribution in [0.5, 0.6) is 0 Å². The normalized spacial score (nSPS) is 18.0. The van der Waals surface area contributed by atoms with E-state index in [0.717, 1.165) is 10.0 Å². The van der Waals surface area contributed by atoms with Crippen molar-refractivity contribution in [1.29, 1.82) is 0 Å². The summed E-state index contributed by atoms with van der Waals surface area (Å²) in [5.41, 5.74) is 1.33. The van der Waals surface area contributed by atoms with Gasteiger partial charge < -0.3 is 5.32 Å². The lowest BCUT2D eigenvalue weighted by molar-refractivity contribution is -0.126. The van der Waals surface area contributed by atoms with Crippen molar-refractivity contribution in [3.8, 4) is 0 Å². The molecular weight excluding hydrogens is 447 g/mol. The molecule has 1 atom stereocenters. The number of nitrogens with one attached hydrogen (secondary N) is 1. The number of hydrogen-bond acceptors (Lipinski definition) is 3. The number of aryl methyl sites for hydroxylation is 1. The number of rotatable bonds is 5. The van der Waals surface area contributed by atoms with Gasteiger partial charge in [-0.1, -0.05) is 28.1 Å². The molecule has 1 fully saturated rings. The molecule has 1 heterocycles. The number of carbonyl (C=O) groups excluding carboxylic acids is 1. The van der Waals surface area contributed by atoms with Crippen molar-refractivity contribution in [1.82, 2.24) is 9.62 Å². The minimum Gasteiger partial charge on any atom is -0.352 e. The molecular formula is C20H22BrFN2O3S. The zero-order valence-corrected chi connectivity index (χ0v) is 17.9. The molecule has 1 amide bonds. The van der Waals surface area contributed by atoms with Crippen molar-refractivity contribution in [3.63, 3.8) is 0 Å². The summed E-state index contributed by atoms with van der Waals surface area (Å²) in [7, 11) is -3.63. The van der Waals surface area contributed by atoms with Gasteiger partial charge in [0.05, 0.1) is 10.8 Å². The first-order chi connectivity index (χ1) is 13.3. The van der Waals surface area contributed by atoms with Gasteiger partial charge in [-0.05, 0) is 61.2 Å². The van der Waals surface area contributed by atoms with Gasteiger partial charge in [0.25, 0.3) is 0 Å². The van der Waals surface area contributed by atoms with Gasteiger partial charge in [0.1, 0.15) is 5.82 Å². The van der Waals surface area contributed by atoms with Crippen LogP contribution in [0, 0.1) is 18.7 Å². The van der Waals surface area contributed by atoms with Gasteiger partial charge in [0.2, 0.25) is 15.9 Å². The molecule has 8 heteroatoms.